The number of anilines is 2. The monoisotopic (exact) mass is 568 g/mol. The zero-order chi connectivity index (χ0) is 28.8. The second-order valence-corrected chi connectivity index (χ2v) is 11.6. The summed E-state index contributed by atoms with van der Waals surface area (Å²) in [6, 6.07) is 7.50. The molecular formula is C28H28ClF3N8. The van der Waals surface area contributed by atoms with Gasteiger partial charge in [-0.25, -0.2) is 18.4 Å². The molecule has 4 aromatic rings. The molecule has 1 saturated carbocycles. The fraction of sp³-hybridized carbons (Fsp3) is 0.393. The van der Waals surface area contributed by atoms with E-state index >= 15 is 0 Å². The van der Waals surface area contributed by atoms with Crippen LogP contribution in [0.2, 0.25) is 5.02 Å². The molecule has 0 spiro atoms. The number of rotatable bonds is 8. The Kier molecular flexibility index (Phi) is 7.31. The van der Waals surface area contributed by atoms with Gasteiger partial charge in [-0.05, 0) is 37.0 Å². The van der Waals surface area contributed by atoms with Crippen molar-refractivity contribution in [3.63, 3.8) is 0 Å². The molecular weight excluding hydrogens is 541 g/mol. The van der Waals surface area contributed by atoms with Gasteiger partial charge in [-0.15, -0.1) is 5.10 Å². The van der Waals surface area contributed by atoms with Crippen molar-refractivity contribution in [1.29, 1.82) is 5.26 Å². The predicted molar refractivity (Wildman–Crippen MR) is 147 cm³/mol. The maximum atomic E-state index is 13.9. The molecule has 12 heteroatoms. The van der Waals surface area contributed by atoms with E-state index < -0.39 is 30.4 Å². The Morgan fingerprint density at radius 3 is 2.67 bits per heavy atom. The van der Waals surface area contributed by atoms with E-state index in [0.29, 0.717) is 62.8 Å². The van der Waals surface area contributed by atoms with E-state index in [1.807, 2.05) is 6.07 Å². The SMILES string of the molecule is Cc1nc(F)ccc1[C@H](Nc1cc(Cl)c2ncc(C#N)c(NCC(C)(C)C)c2c1)c1cn([C@@H]2C[C@H]2C(F)F)nn1. The number of nitrogens with zero attached hydrogens (tertiary/aromatic N) is 6. The molecule has 3 aromatic heterocycles. The minimum atomic E-state index is -2.43. The maximum absolute atomic E-state index is 13.9. The second kappa shape index (κ2) is 10.6. The number of nitrogens with one attached hydrogen (secondary N) is 2. The number of alkyl halides is 2. The summed E-state index contributed by atoms with van der Waals surface area (Å²) in [7, 11) is 0. The molecule has 5 rings (SSSR count). The van der Waals surface area contributed by atoms with E-state index in [2.05, 4.69) is 57.8 Å². The number of aromatic nitrogens is 5. The smallest absolute Gasteiger partial charge is 0.243 e. The summed E-state index contributed by atoms with van der Waals surface area (Å²) in [5, 5.41) is 25.9. The number of hydrogen-bond donors (Lipinski definition) is 2. The lowest BCUT2D eigenvalue weighted by Gasteiger charge is -2.23. The summed E-state index contributed by atoms with van der Waals surface area (Å²) in [6.45, 7) is 8.52. The van der Waals surface area contributed by atoms with E-state index in [-0.39, 0.29) is 5.41 Å². The standard InChI is InChI=1S/C28H28ClF3N8/c1-14-17(5-6-23(30)36-14)26(21-12-40(39-38-21)22-9-18(22)27(31)32)37-16-7-19-24(35-13-28(2,3)4)15(10-33)11-34-25(19)20(29)8-16/h5-8,11-12,18,22,26-27,37H,9,13H2,1-4H3,(H,34,35)/t18-,22-,26+/m1/s1. The molecule has 0 saturated heterocycles. The second-order valence-electron chi connectivity index (χ2n) is 11.2. The lowest BCUT2D eigenvalue weighted by molar-refractivity contribution is 0.115. The number of fused-ring (bicyclic) bond motifs is 1. The molecule has 40 heavy (non-hydrogen) atoms. The van der Waals surface area contributed by atoms with E-state index in [1.54, 1.807) is 25.3 Å². The molecule has 1 aromatic carbocycles. The Balaban J connectivity index is 1.57. The van der Waals surface area contributed by atoms with Gasteiger partial charge >= 0.3 is 0 Å². The first-order valence-electron chi connectivity index (χ1n) is 12.8. The third-order valence-corrected chi connectivity index (χ3v) is 7.14. The normalized spacial score (nSPS) is 17.6. The van der Waals surface area contributed by atoms with Crippen LogP contribution in [0.3, 0.4) is 0 Å². The maximum Gasteiger partial charge on any atom is 0.243 e. The molecule has 0 aliphatic heterocycles. The molecule has 8 nitrogen and oxygen atoms in total. The summed E-state index contributed by atoms with van der Waals surface area (Å²) >= 11 is 6.67. The van der Waals surface area contributed by atoms with Crippen LogP contribution in [0, 0.1) is 35.5 Å². The minimum absolute atomic E-state index is 0.0586. The van der Waals surface area contributed by atoms with Crippen molar-refractivity contribution in [2.24, 2.45) is 11.3 Å². The predicted octanol–water partition coefficient (Wildman–Crippen LogP) is 6.68. The summed E-state index contributed by atoms with van der Waals surface area (Å²) < 4.78 is 41.7. The van der Waals surface area contributed by atoms with Crippen LogP contribution < -0.4 is 10.6 Å². The molecule has 208 valence electrons. The van der Waals surface area contributed by atoms with Gasteiger partial charge < -0.3 is 10.6 Å². The van der Waals surface area contributed by atoms with Gasteiger partial charge in [0.05, 0.1) is 40.1 Å². The largest absolute Gasteiger partial charge is 0.383 e. The van der Waals surface area contributed by atoms with Crippen molar-refractivity contribution in [2.75, 3.05) is 17.2 Å². The zero-order valence-electron chi connectivity index (χ0n) is 22.4. The lowest BCUT2D eigenvalue weighted by atomic mass is 9.96. The number of nitriles is 1. The summed E-state index contributed by atoms with van der Waals surface area (Å²) in [5.74, 6) is -1.38. The van der Waals surface area contributed by atoms with E-state index in [9.17, 15) is 18.4 Å². The topological polar surface area (TPSA) is 104 Å². The first-order valence-corrected chi connectivity index (χ1v) is 13.2. The number of hydrogen-bond acceptors (Lipinski definition) is 7. The Bertz CT molecular complexity index is 1610. The zero-order valence-corrected chi connectivity index (χ0v) is 23.1. The number of benzene rings is 1. The van der Waals surface area contributed by atoms with Gasteiger partial charge in [-0.3, -0.25) is 4.98 Å². The first kappa shape index (κ1) is 27.6. The summed E-state index contributed by atoms with van der Waals surface area (Å²) in [6.07, 6.45) is 1.02. The van der Waals surface area contributed by atoms with Crippen LogP contribution >= 0.6 is 11.6 Å². The molecule has 0 radical (unpaired) electrons. The molecule has 1 aliphatic carbocycles. The van der Waals surface area contributed by atoms with Crippen LogP contribution in [0.15, 0.2) is 36.7 Å². The molecule has 0 bridgehead atoms. The van der Waals surface area contributed by atoms with Gasteiger partial charge in [0, 0.05) is 41.0 Å². The van der Waals surface area contributed by atoms with Crippen LogP contribution in [0.4, 0.5) is 24.5 Å². The Morgan fingerprint density at radius 1 is 1.25 bits per heavy atom. The van der Waals surface area contributed by atoms with Crippen LogP contribution in [0.25, 0.3) is 10.9 Å². The van der Waals surface area contributed by atoms with Gasteiger partial charge in [-0.1, -0.05) is 43.7 Å². The molecule has 2 N–H and O–H groups in total. The van der Waals surface area contributed by atoms with Crippen LogP contribution in [-0.4, -0.2) is 37.9 Å². The van der Waals surface area contributed by atoms with Crippen LogP contribution in [0.5, 0.6) is 0 Å². The van der Waals surface area contributed by atoms with Crippen molar-refractivity contribution in [3.05, 3.63) is 70.1 Å². The quantitative estimate of drug-likeness (QED) is 0.228. The highest BCUT2D eigenvalue weighted by Crippen LogP contribution is 2.47. The van der Waals surface area contributed by atoms with Crippen molar-refractivity contribution >= 4 is 33.9 Å². The third-order valence-electron chi connectivity index (χ3n) is 6.85. The van der Waals surface area contributed by atoms with Gasteiger partial charge in [0.1, 0.15) is 11.8 Å². The van der Waals surface area contributed by atoms with Crippen LogP contribution in [-0.2, 0) is 0 Å². The summed E-state index contributed by atoms with van der Waals surface area (Å²) in [4.78, 5) is 8.37. The van der Waals surface area contributed by atoms with Gasteiger partial charge in [-0.2, -0.15) is 9.65 Å². The first-order chi connectivity index (χ1) is 18.9. The lowest BCUT2D eigenvalue weighted by Crippen LogP contribution is -2.20. The third kappa shape index (κ3) is 5.68. The van der Waals surface area contributed by atoms with Gasteiger partial charge in [0.25, 0.3) is 0 Å². The minimum Gasteiger partial charge on any atom is -0.383 e. The molecule has 0 unspecified atom stereocenters. The molecule has 3 atom stereocenters. The highest BCUT2D eigenvalue weighted by atomic mass is 35.5. The Labute approximate surface area is 234 Å². The van der Waals surface area contributed by atoms with Crippen molar-refractivity contribution < 1.29 is 13.2 Å². The fourth-order valence-corrected chi connectivity index (χ4v) is 4.92. The van der Waals surface area contributed by atoms with Crippen LogP contribution in [0.1, 0.15) is 61.8 Å². The van der Waals surface area contributed by atoms with Crippen molar-refractivity contribution in [3.8, 4) is 6.07 Å². The fourth-order valence-electron chi connectivity index (χ4n) is 4.66. The number of halogens is 4. The average molecular weight is 569 g/mol. The molecule has 0 amide bonds. The number of pyridine rings is 2. The van der Waals surface area contributed by atoms with Crippen molar-refractivity contribution in [2.45, 2.75) is 52.6 Å². The van der Waals surface area contributed by atoms with Gasteiger partial charge in [0.15, 0.2) is 0 Å². The van der Waals surface area contributed by atoms with E-state index in [0.717, 1.165) is 0 Å². The Hall–Kier alpha value is -3.91. The van der Waals surface area contributed by atoms with Crippen molar-refractivity contribution in [1.82, 2.24) is 25.0 Å². The van der Waals surface area contributed by atoms with E-state index in [4.69, 9.17) is 11.6 Å². The highest BCUT2D eigenvalue weighted by Gasteiger charge is 2.46. The summed E-state index contributed by atoms with van der Waals surface area (Å²) in [5.41, 5.74) is 3.53. The van der Waals surface area contributed by atoms with E-state index in [1.165, 1.54) is 16.9 Å². The Morgan fingerprint density at radius 2 is 2.02 bits per heavy atom. The molecule has 3 heterocycles. The number of aryl methyl sites for hydroxylation is 1. The molecule has 1 fully saturated rings. The average Bonchev–Trinajstić information content (AvgIpc) is 3.55. The van der Waals surface area contributed by atoms with Gasteiger partial charge in [0.2, 0.25) is 12.4 Å². The highest BCUT2D eigenvalue weighted by molar-refractivity contribution is 6.35. The molecule has 1 aliphatic rings.